The van der Waals surface area contributed by atoms with Gasteiger partial charge in [0.15, 0.2) is 0 Å². The molecule has 3 rings (SSSR count). The number of alkyl halides is 3. The van der Waals surface area contributed by atoms with Gasteiger partial charge in [0, 0.05) is 0 Å². The van der Waals surface area contributed by atoms with E-state index in [1.807, 2.05) is 91.0 Å². The summed E-state index contributed by atoms with van der Waals surface area (Å²) in [6, 6.07) is 27.7. The molecule has 0 aliphatic carbocycles. The Bertz CT molecular complexity index is 677. The molecule has 0 amide bonds. The molecule has 0 spiro atoms. The molecule has 3 aromatic carbocycles. The fourth-order valence-electron chi connectivity index (χ4n) is 2.72. The molecule has 0 unspecified atom stereocenters. The van der Waals surface area contributed by atoms with E-state index in [2.05, 4.69) is 0 Å². The van der Waals surface area contributed by atoms with Crippen molar-refractivity contribution >= 4 is 21.1 Å². The SMILES string of the molecule is F[C](F)(F)[Au][PH](c1ccccc1)(c1ccccc1)c1ccccc1. The molecular formula is C19H16AuF3P. The van der Waals surface area contributed by atoms with Crippen molar-refractivity contribution in [2.24, 2.45) is 0 Å². The van der Waals surface area contributed by atoms with Crippen LogP contribution < -0.4 is 15.9 Å². The maximum atomic E-state index is 13.7. The van der Waals surface area contributed by atoms with Crippen molar-refractivity contribution in [3.63, 3.8) is 0 Å². The second-order valence-corrected chi connectivity index (χ2v) is 16.0. The second-order valence-electron chi connectivity index (χ2n) is 5.16. The van der Waals surface area contributed by atoms with Gasteiger partial charge in [-0.15, -0.1) is 0 Å². The van der Waals surface area contributed by atoms with Crippen molar-refractivity contribution in [2.45, 2.75) is 4.39 Å². The van der Waals surface area contributed by atoms with Gasteiger partial charge in [-0.05, 0) is 0 Å². The van der Waals surface area contributed by atoms with Crippen LogP contribution in [0, 0.1) is 0 Å². The van der Waals surface area contributed by atoms with Gasteiger partial charge >= 0.3 is 149 Å². The standard InChI is InChI=1S/C18H15P.CF3.Au/c1-4-10-16(11-5-1)19(17-12-6-2-7-13-17)18-14-8-3-9-15-18;2-1(3)4;/h1-15H;;/q;;-1/p+1. The van der Waals surface area contributed by atoms with Crippen LogP contribution in [0.15, 0.2) is 91.0 Å². The van der Waals surface area contributed by atoms with Gasteiger partial charge < -0.3 is 0 Å². The fraction of sp³-hybridized carbons (Fsp3) is 0.0526. The molecule has 0 aliphatic heterocycles. The third-order valence-electron chi connectivity index (χ3n) is 3.65. The van der Waals surface area contributed by atoms with Crippen molar-refractivity contribution in [1.29, 1.82) is 0 Å². The topological polar surface area (TPSA) is 0 Å². The molecule has 0 saturated heterocycles. The van der Waals surface area contributed by atoms with Crippen LogP contribution >= 0.6 is 5.15 Å². The third kappa shape index (κ3) is 3.65. The Morgan fingerprint density at radius 2 is 0.833 bits per heavy atom. The molecule has 0 N–H and O–H groups in total. The number of hydrogen-bond donors (Lipinski definition) is 0. The number of hydrogen-bond acceptors (Lipinski definition) is 0. The first-order valence-corrected chi connectivity index (χ1v) is 13.5. The molecule has 0 bridgehead atoms. The Kier molecular flexibility index (Phi) is 5.27. The monoisotopic (exact) mass is 529 g/mol. The zero-order valence-electron chi connectivity index (χ0n) is 12.6. The molecule has 129 valence electrons. The van der Waals surface area contributed by atoms with E-state index in [9.17, 15) is 13.2 Å². The van der Waals surface area contributed by atoms with E-state index in [0.717, 1.165) is 15.9 Å². The Labute approximate surface area is 148 Å². The molecule has 0 nitrogen and oxygen atoms in total. The van der Waals surface area contributed by atoms with Crippen LogP contribution in [0.25, 0.3) is 0 Å². The summed E-state index contributed by atoms with van der Waals surface area (Å²) in [7, 11) is 0. The minimum atomic E-state index is -4.15. The van der Waals surface area contributed by atoms with Crippen molar-refractivity contribution in [3.05, 3.63) is 91.0 Å². The Morgan fingerprint density at radius 3 is 1.08 bits per heavy atom. The average Bonchev–Trinajstić information content (AvgIpc) is 2.61. The average molecular weight is 529 g/mol. The van der Waals surface area contributed by atoms with Gasteiger partial charge in [-0.3, -0.25) is 0 Å². The number of rotatable bonds is 4. The quantitative estimate of drug-likeness (QED) is 0.351. The van der Waals surface area contributed by atoms with E-state index in [0.29, 0.717) is 0 Å². The second kappa shape index (κ2) is 7.25. The molecule has 0 aromatic heterocycles. The summed E-state index contributed by atoms with van der Waals surface area (Å²) in [6.45, 7) is 0. The van der Waals surface area contributed by atoms with Gasteiger partial charge in [0.2, 0.25) is 0 Å². The van der Waals surface area contributed by atoms with Gasteiger partial charge in [-0.1, -0.05) is 0 Å². The van der Waals surface area contributed by atoms with Crippen molar-refractivity contribution in [1.82, 2.24) is 0 Å². The summed E-state index contributed by atoms with van der Waals surface area (Å²) in [5.41, 5.74) is 0. The molecular weight excluding hydrogens is 513 g/mol. The van der Waals surface area contributed by atoms with Crippen molar-refractivity contribution in [2.75, 3.05) is 0 Å². The summed E-state index contributed by atoms with van der Waals surface area (Å²) < 4.78 is 36.9. The maximum absolute atomic E-state index is 13.7. The molecule has 0 radical (unpaired) electrons. The van der Waals surface area contributed by atoms with Crippen LogP contribution in [-0.2, 0) is 19.2 Å². The van der Waals surface area contributed by atoms with E-state index in [-0.39, 0.29) is 0 Å². The van der Waals surface area contributed by atoms with Crippen LogP contribution in [0.1, 0.15) is 0 Å². The van der Waals surface area contributed by atoms with Crippen molar-refractivity contribution < 1.29 is 32.4 Å². The molecule has 5 heteroatoms. The Hall–Kier alpha value is -1.38. The van der Waals surface area contributed by atoms with Gasteiger partial charge in [0.05, 0.1) is 0 Å². The van der Waals surface area contributed by atoms with Gasteiger partial charge in [0.25, 0.3) is 0 Å². The van der Waals surface area contributed by atoms with E-state index in [4.69, 9.17) is 0 Å². The normalized spacial score (nSPS) is 13.0. The molecule has 24 heavy (non-hydrogen) atoms. The van der Waals surface area contributed by atoms with E-state index >= 15 is 0 Å². The van der Waals surface area contributed by atoms with Gasteiger partial charge in [-0.25, -0.2) is 0 Å². The van der Waals surface area contributed by atoms with E-state index in [1.54, 1.807) is 0 Å². The number of halogens is 3. The van der Waals surface area contributed by atoms with Crippen LogP contribution in [0.4, 0.5) is 13.2 Å². The molecule has 0 fully saturated rings. The third-order valence-corrected chi connectivity index (χ3v) is 17.2. The predicted octanol–water partition coefficient (Wildman–Crippen LogP) is 4.23. The first-order valence-electron chi connectivity index (χ1n) is 7.35. The predicted molar refractivity (Wildman–Crippen MR) is 92.6 cm³/mol. The Morgan fingerprint density at radius 1 is 0.542 bits per heavy atom. The van der Waals surface area contributed by atoms with Crippen LogP contribution in [0.3, 0.4) is 0 Å². The zero-order chi connectivity index (χ0) is 17.0. The molecule has 0 atom stereocenters. The molecule has 0 saturated carbocycles. The first kappa shape index (κ1) is 17.4. The molecule has 3 aromatic rings. The van der Waals surface area contributed by atoms with Crippen LogP contribution in [0.5, 0.6) is 0 Å². The van der Waals surface area contributed by atoms with Crippen LogP contribution in [-0.4, -0.2) is 4.39 Å². The summed E-state index contributed by atoms with van der Waals surface area (Å²) in [6.07, 6.45) is 0. The van der Waals surface area contributed by atoms with Gasteiger partial charge in [0.1, 0.15) is 0 Å². The zero-order valence-corrected chi connectivity index (χ0v) is 15.8. The van der Waals surface area contributed by atoms with E-state index < -0.39 is 28.8 Å². The van der Waals surface area contributed by atoms with Gasteiger partial charge in [-0.2, -0.15) is 0 Å². The minimum absolute atomic E-state index is 0.821. The first-order chi connectivity index (χ1) is 11.5. The van der Waals surface area contributed by atoms with Crippen LogP contribution in [0.2, 0.25) is 0 Å². The van der Waals surface area contributed by atoms with Crippen molar-refractivity contribution in [3.8, 4) is 0 Å². The number of benzene rings is 3. The fourth-order valence-corrected chi connectivity index (χ4v) is 14.9. The van der Waals surface area contributed by atoms with E-state index in [1.165, 1.54) is 0 Å². The molecule has 0 heterocycles. The molecule has 0 aliphatic rings. The summed E-state index contributed by atoms with van der Waals surface area (Å²) in [5, 5.41) is -0.625. The summed E-state index contributed by atoms with van der Waals surface area (Å²) in [5.74, 6) is 0. The Balaban J connectivity index is 2.33. The summed E-state index contributed by atoms with van der Waals surface area (Å²) in [4.78, 5) is 0. The summed E-state index contributed by atoms with van der Waals surface area (Å²) >= 11 is -1.92.